The van der Waals surface area contributed by atoms with Crippen LogP contribution in [0, 0.1) is 0 Å². The molecule has 114 valence electrons. The smallest absolute Gasteiger partial charge is 0.387 e. The van der Waals surface area contributed by atoms with Crippen molar-refractivity contribution >= 4 is 11.3 Å². The molecule has 1 aromatic carbocycles. The van der Waals surface area contributed by atoms with Crippen LogP contribution < -0.4 is 10.1 Å². The molecule has 2 aromatic rings. The predicted molar refractivity (Wildman–Crippen MR) is 79.8 cm³/mol. The Bertz CT molecular complexity index is 557. The molecular formula is C15H18F2N2OS. The molecule has 0 amide bonds. The summed E-state index contributed by atoms with van der Waals surface area (Å²) in [6.45, 7) is 2.04. The van der Waals surface area contributed by atoms with Gasteiger partial charge in [-0.2, -0.15) is 8.78 Å². The van der Waals surface area contributed by atoms with Crippen molar-refractivity contribution in [3.63, 3.8) is 0 Å². The molecule has 2 rings (SSSR count). The number of rotatable bonds is 7. The number of nitrogens with one attached hydrogen (secondary N) is 1. The fourth-order valence-corrected chi connectivity index (χ4v) is 2.72. The maximum atomic E-state index is 12.1. The van der Waals surface area contributed by atoms with E-state index in [1.54, 1.807) is 35.6 Å². The van der Waals surface area contributed by atoms with E-state index in [1.807, 2.05) is 6.20 Å². The largest absolute Gasteiger partial charge is 0.435 e. The highest BCUT2D eigenvalue weighted by atomic mass is 32.1. The van der Waals surface area contributed by atoms with E-state index in [4.69, 9.17) is 0 Å². The van der Waals surface area contributed by atoms with Gasteiger partial charge >= 0.3 is 6.61 Å². The van der Waals surface area contributed by atoms with Gasteiger partial charge in [0, 0.05) is 17.6 Å². The molecule has 1 unspecified atom stereocenters. The van der Waals surface area contributed by atoms with Crippen molar-refractivity contribution in [3.05, 3.63) is 45.9 Å². The lowest BCUT2D eigenvalue weighted by Crippen LogP contribution is -2.17. The zero-order valence-electron chi connectivity index (χ0n) is 12.0. The summed E-state index contributed by atoms with van der Waals surface area (Å²) in [5.74, 6) is 0.175. The summed E-state index contributed by atoms with van der Waals surface area (Å²) in [5, 5.41) is 4.43. The lowest BCUT2D eigenvalue weighted by Gasteiger charge is -2.11. The second-order valence-corrected chi connectivity index (χ2v) is 5.79. The van der Waals surface area contributed by atoms with Crippen LogP contribution in [0.3, 0.4) is 0 Å². The number of hydrogen-bond donors (Lipinski definition) is 1. The zero-order valence-corrected chi connectivity index (χ0v) is 12.8. The van der Waals surface area contributed by atoms with Gasteiger partial charge in [0.05, 0.1) is 6.04 Å². The monoisotopic (exact) mass is 312 g/mol. The summed E-state index contributed by atoms with van der Waals surface area (Å²) in [6, 6.07) is 6.80. The van der Waals surface area contributed by atoms with E-state index in [0.29, 0.717) is 6.54 Å². The van der Waals surface area contributed by atoms with Crippen molar-refractivity contribution in [2.45, 2.75) is 39.5 Å². The van der Waals surface area contributed by atoms with Gasteiger partial charge in [0.15, 0.2) is 0 Å². The molecule has 0 fully saturated rings. The van der Waals surface area contributed by atoms with Gasteiger partial charge in [0.2, 0.25) is 0 Å². The third kappa shape index (κ3) is 4.75. The van der Waals surface area contributed by atoms with Crippen LogP contribution in [0.25, 0.3) is 0 Å². The Morgan fingerprint density at radius 2 is 2.00 bits per heavy atom. The molecule has 1 atom stereocenters. The number of thiazole rings is 1. The van der Waals surface area contributed by atoms with E-state index >= 15 is 0 Å². The third-order valence-electron chi connectivity index (χ3n) is 3.05. The first-order valence-electron chi connectivity index (χ1n) is 6.80. The maximum absolute atomic E-state index is 12.1. The molecule has 0 radical (unpaired) electrons. The fraction of sp³-hybridized carbons (Fsp3) is 0.400. The van der Waals surface area contributed by atoms with Crippen molar-refractivity contribution in [1.29, 1.82) is 0 Å². The molecule has 1 aromatic heterocycles. The van der Waals surface area contributed by atoms with Gasteiger partial charge in [0.25, 0.3) is 0 Å². The number of benzene rings is 1. The molecule has 0 aliphatic heterocycles. The summed E-state index contributed by atoms with van der Waals surface area (Å²) >= 11 is 1.71. The van der Waals surface area contributed by atoms with Crippen molar-refractivity contribution in [3.8, 4) is 5.75 Å². The number of nitrogens with zero attached hydrogens (tertiary/aromatic N) is 1. The minimum atomic E-state index is -2.79. The number of alkyl halides is 2. The van der Waals surface area contributed by atoms with Crippen LogP contribution in [-0.4, -0.2) is 11.6 Å². The molecule has 0 aliphatic carbocycles. The Hall–Kier alpha value is -1.53. The van der Waals surface area contributed by atoms with Gasteiger partial charge in [-0.3, -0.25) is 0 Å². The lowest BCUT2D eigenvalue weighted by molar-refractivity contribution is -0.0498. The maximum Gasteiger partial charge on any atom is 0.387 e. The average Bonchev–Trinajstić information content (AvgIpc) is 2.94. The molecule has 0 spiro atoms. The number of aryl methyl sites for hydroxylation is 1. The number of ether oxygens (including phenoxy) is 1. The highest BCUT2D eigenvalue weighted by molar-refractivity contribution is 7.11. The fourth-order valence-electron chi connectivity index (χ4n) is 1.83. The van der Waals surface area contributed by atoms with E-state index in [1.165, 1.54) is 4.88 Å². The van der Waals surface area contributed by atoms with Crippen LogP contribution in [0.2, 0.25) is 0 Å². The molecule has 0 saturated carbocycles. The lowest BCUT2D eigenvalue weighted by atomic mass is 10.2. The average molecular weight is 312 g/mol. The highest BCUT2D eigenvalue weighted by Crippen LogP contribution is 2.21. The minimum absolute atomic E-state index is 0.160. The molecule has 1 heterocycles. The van der Waals surface area contributed by atoms with Crippen LogP contribution in [0.4, 0.5) is 8.78 Å². The molecule has 6 heteroatoms. The molecule has 0 saturated heterocycles. The van der Waals surface area contributed by atoms with E-state index in [2.05, 4.69) is 28.9 Å². The van der Waals surface area contributed by atoms with Crippen LogP contribution in [0.5, 0.6) is 5.75 Å². The van der Waals surface area contributed by atoms with Gasteiger partial charge in [-0.1, -0.05) is 19.1 Å². The summed E-state index contributed by atoms with van der Waals surface area (Å²) in [6.07, 6.45) is 2.91. The van der Waals surface area contributed by atoms with Crippen molar-refractivity contribution in [2.75, 3.05) is 0 Å². The summed E-state index contributed by atoms with van der Waals surface area (Å²) in [5.41, 5.74) is 1.01. The van der Waals surface area contributed by atoms with Crippen LogP contribution >= 0.6 is 11.3 Å². The van der Waals surface area contributed by atoms with E-state index in [-0.39, 0.29) is 11.8 Å². The normalized spacial score (nSPS) is 12.6. The van der Waals surface area contributed by atoms with Crippen LogP contribution in [0.1, 0.15) is 35.3 Å². The molecular weight excluding hydrogens is 294 g/mol. The summed E-state index contributed by atoms with van der Waals surface area (Å²) < 4.78 is 28.4. The molecule has 0 aliphatic rings. The van der Waals surface area contributed by atoms with Gasteiger partial charge in [0.1, 0.15) is 10.8 Å². The molecule has 0 bridgehead atoms. The topological polar surface area (TPSA) is 34.2 Å². The Morgan fingerprint density at radius 3 is 2.57 bits per heavy atom. The number of hydrogen-bond acceptors (Lipinski definition) is 4. The van der Waals surface area contributed by atoms with E-state index < -0.39 is 6.61 Å². The Morgan fingerprint density at radius 1 is 1.29 bits per heavy atom. The second kappa shape index (κ2) is 7.47. The second-order valence-electron chi connectivity index (χ2n) is 4.64. The van der Waals surface area contributed by atoms with Crippen molar-refractivity contribution < 1.29 is 13.5 Å². The number of aromatic nitrogens is 1. The summed E-state index contributed by atoms with van der Waals surface area (Å²) in [7, 11) is 0. The molecule has 3 nitrogen and oxygen atoms in total. The number of halogens is 2. The Kier molecular flexibility index (Phi) is 5.64. The minimum Gasteiger partial charge on any atom is -0.435 e. The predicted octanol–water partition coefficient (Wildman–Crippen LogP) is 4.16. The first-order chi connectivity index (χ1) is 10.1. The first kappa shape index (κ1) is 15.9. The van der Waals surface area contributed by atoms with Gasteiger partial charge in [-0.25, -0.2) is 4.98 Å². The summed E-state index contributed by atoms with van der Waals surface area (Å²) in [4.78, 5) is 5.67. The standard InChI is InChI=1S/C15H18F2N2OS/c1-3-13-9-19-14(21-13)10(2)18-8-11-4-6-12(7-5-11)20-15(16)17/h4-7,9-10,15,18H,3,8H2,1-2H3. The first-order valence-corrected chi connectivity index (χ1v) is 7.62. The Labute approximate surface area is 127 Å². The Balaban J connectivity index is 1.87. The quantitative estimate of drug-likeness (QED) is 0.833. The third-order valence-corrected chi connectivity index (χ3v) is 4.38. The van der Waals surface area contributed by atoms with E-state index in [0.717, 1.165) is 17.0 Å². The van der Waals surface area contributed by atoms with Crippen LogP contribution in [0.15, 0.2) is 30.5 Å². The van der Waals surface area contributed by atoms with Gasteiger partial charge in [-0.15, -0.1) is 11.3 Å². The van der Waals surface area contributed by atoms with Crippen LogP contribution in [-0.2, 0) is 13.0 Å². The highest BCUT2D eigenvalue weighted by Gasteiger charge is 2.10. The SMILES string of the molecule is CCc1cnc(C(C)NCc2ccc(OC(F)F)cc2)s1. The molecule has 1 N–H and O–H groups in total. The van der Waals surface area contributed by atoms with Gasteiger partial charge < -0.3 is 10.1 Å². The zero-order chi connectivity index (χ0) is 15.2. The van der Waals surface area contributed by atoms with Gasteiger partial charge in [-0.05, 0) is 31.0 Å². The van der Waals surface area contributed by atoms with E-state index in [9.17, 15) is 8.78 Å². The molecule has 21 heavy (non-hydrogen) atoms. The van der Waals surface area contributed by atoms with Crippen molar-refractivity contribution in [1.82, 2.24) is 10.3 Å². The van der Waals surface area contributed by atoms with Crippen molar-refractivity contribution in [2.24, 2.45) is 0 Å².